The Morgan fingerprint density at radius 2 is 1.94 bits per heavy atom. The van der Waals surface area contributed by atoms with E-state index in [-0.39, 0.29) is 4.75 Å². The van der Waals surface area contributed by atoms with E-state index >= 15 is 0 Å². The van der Waals surface area contributed by atoms with Crippen LogP contribution in [-0.2, 0) is 11.3 Å². The molecule has 0 unspecified atom stereocenters. The van der Waals surface area contributed by atoms with Gasteiger partial charge in [-0.2, -0.15) is 12.6 Å². The Bertz CT molecular complexity index is 418. The van der Waals surface area contributed by atoms with Crippen LogP contribution in [0.2, 0.25) is 0 Å². The van der Waals surface area contributed by atoms with Crippen molar-refractivity contribution in [3.8, 4) is 0 Å². The first-order valence-electron chi connectivity index (χ1n) is 5.85. The highest BCUT2D eigenvalue weighted by atomic mass is 32.1. The van der Waals surface area contributed by atoms with Gasteiger partial charge in [-0.15, -0.1) is 0 Å². The number of nitrogens with two attached hydrogens (primary N) is 1. The molecule has 0 saturated carbocycles. The summed E-state index contributed by atoms with van der Waals surface area (Å²) in [5, 5.41) is 0. The summed E-state index contributed by atoms with van der Waals surface area (Å²) < 4.78 is 18.0. The molecule has 0 bridgehead atoms. The molecule has 1 rings (SSSR count). The lowest BCUT2D eigenvalue weighted by atomic mass is 9.82. The van der Waals surface area contributed by atoms with Crippen molar-refractivity contribution in [2.24, 2.45) is 0 Å². The SMILES string of the molecule is CC(C)(S)C(C)(C)O[B]c1cc(CF)ccc1N. The molecule has 0 saturated heterocycles. The van der Waals surface area contributed by atoms with Gasteiger partial charge in [0.1, 0.15) is 6.67 Å². The predicted molar refractivity (Wildman–Crippen MR) is 79.3 cm³/mol. The van der Waals surface area contributed by atoms with Crippen LogP contribution in [0.5, 0.6) is 0 Å². The summed E-state index contributed by atoms with van der Waals surface area (Å²) >= 11 is 4.51. The van der Waals surface area contributed by atoms with E-state index in [1.807, 2.05) is 27.7 Å². The van der Waals surface area contributed by atoms with Gasteiger partial charge in [-0.3, -0.25) is 0 Å². The fourth-order valence-electron chi connectivity index (χ4n) is 1.16. The van der Waals surface area contributed by atoms with Gasteiger partial charge in [0.2, 0.25) is 0 Å². The number of anilines is 1. The first-order valence-corrected chi connectivity index (χ1v) is 6.30. The molecular weight excluding hydrogens is 248 g/mol. The Labute approximate surface area is 115 Å². The Morgan fingerprint density at radius 1 is 1.33 bits per heavy atom. The largest absolute Gasteiger partial charge is 0.428 e. The number of halogens is 1. The van der Waals surface area contributed by atoms with Crippen LogP contribution in [-0.4, -0.2) is 17.8 Å². The van der Waals surface area contributed by atoms with Crippen LogP contribution in [0, 0.1) is 0 Å². The van der Waals surface area contributed by atoms with Gasteiger partial charge in [0.25, 0.3) is 0 Å². The van der Waals surface area contributed by atoms with E-state index in [1.165, 1.54) is 0 Å². The van der Waals surface area contributed by atoms with E-state index in [2.05, 4.69) is 12.6 Å². The lowest BCUT2D eigenvalue weighted by Gasteiger charge is -2.38. The standard InChI is InChI=1S/C13H20BFNOS/c1-12(2,13(3,4)18)17-14-10-7-9(8-15)5-6-11(10)16/h5-7,18H,8,16H2,1-4H3. The number of thiol groups is 1. The highest BCUT2D eigenvalue weighted by Crippen LogP contribution is 2.30. The predicted octanol–water partition coefficient (Wildman–Crippen LogP) is 2.49. The molecular formula is C13H20BFNOS. The molecule has 1 aromatic rings. The maximum absolute atomic E-state index is 12.6. The molecule has 0 atom stereocenters. The quantitative estimate of drug-likeness (QED) is 0.489. The van der Waals surface area contributed by atoms with Crippen molar-refractivity contribution in [1.29, 1.82) is 0 Å². The van der Waals surface area contributed by atoms with Crippen molar-refractivity contribution >= 4 is 31.3 Å². The van der Waals surface area contributed by atoms with E-state index in [9.17, 15) is 4.39 Å². The van der Waals surface area contributed by atoms with Crippen LogP contribution in [0.4, 0.5) is 10.1 Å². The van der Waals surface area contributed by atoms with Crippen molar-refractivity contribution in [1.82, 2.24) is 0 Å². The van der Waals surface area contributed by atoms with Crippen LogP contribution >= 0.6 is 12.6 Å². The summed E-state index contributed by atoms with van der Waals surface area (Å²) in [6.45, 7) is 7.34. The number of nitrogen functional groups attached to an aromatic ring is 1. The first kappa shape index (κ1) is 15.4. The van der Waals surface area contributed by atoms with Gasteiger partial charge >= 0.3 is 7.48 Å². The van der Waals surface area contributed by atoms with E-state index < -0.39 is 12.3 Å². The van der Waals surface area contributed by atoms with Gasteiger partial charge in [0, 0.05) is 10.4 Å². The third kappa shape index (κ3) is 3.66. The fourth-order valence-corrected chi connectivity index (χ4v) is 1.22. The molecule has 0 amide bonds. The van der Waals surface area contributed by atoms with Crippen molar-refractivity contribution < 1.29 is 9.04 Å². The second-order valence-corrected chi connectivity index (χ2v) is 6.52. The van der Waals surface area contributed by atoms with Gasteiger partial charge < -0.3 is 10.4 Å². The molecule has 5 heteroatoms. The zero-order chi connectivity index (χ0) is 14.0. The first-order chi connectivity index (χ1) is 8.17. The summed E-state index contributed by atoms with van der Waals surface area (Å²) in [5.41, 5.74) is 7.21. The fraction of sp³-hybridized carbons (Fsp3) is 0.538. The second-order valence-electron chi connectivity index (χ2n) is 5.40. The van der Waals surface area contributed by atoms with Gasteiger partial charge in [-0.1, -0.05) is 12.1 Å². The smallest absolute Gasteiger partial charge is 0.332 e. The minimum absolute atomic E-state index is 0.310. The summed E-state index contributed by atoms with van der Waals surface area (Å²) in [6.07, 6.45) is 0. The molecule has 0 fully saturated rings. The molecule has 0 aliphatic heterocycles. The number of hydrogen-bond acceptors (Lipinski definition) is 3. The van der Waals surface area contributed by atoms with E-state index in [4.69, 9.17) is 10.4 Å². The van der Waals surface area contributed by atoms with Gasteiger partial charge in [-0.25, -0.2) is 4.39 Å². The summed E-state index contributed by atoms with van der Waals surface area (Å²) in [6, 6.07) is 5.04. The average molecular weight is 268 g/mol. The summed E-state index contributed by atoms with van der Waals surface area (Å²) in [7, 11) is 1.58. The Hall–Kier alpha value is -0.675. The second kappa shape index (κ2) is 5.53. The van der Waals surface area contributed by atoms with Crippen LogP contribution in [0.25, 0.3) is 0 Å². The van der Waals surface area contributed by atoms with E-state index in [0.717, 1.165) is 0 Å². The number of benzene rings is 1. The summed E-state index contributed by atoms with van der Waals surface area (Å²) in [4.78, 5) is 0. The average Bonchev–Trinajstić information content (AvgIpc) is 2.26. The molecule has 0 heterocycles. The van der Waals surface area contributed by atoms with Crippen LogP contribution in [0.15, 0.2) is 18.2 Å². The minimum Gasteiger partial charge on any atom is -0.428 e. The molecule has 0 spiro atoms. The number of rotatable bonds is 5. The molecule has 0 aromatic heterocycles. The number of alkyl halides is 1. The molecule has 18 heavy (non-hydrogen) atoms. The molecule has 0 aliphatic rings. The van der Waals surface area contributed by atoms with Crippen molar-refractivity contribution in [3.05, 3.63) is 23.8 Å². The zero-order valence-corrected chi connectivity index (χ0v) is 12.2. The highest BCUT2D eigenvalue weighted by Gasteiger charge is 2.34. The Balaban J connectivity index is 2.80. The van der Waals surface area contributed by atoms with E-state index in [1.54, 1.807) is 25.7 Å². The number of hydrogen-bond donors (Lipinski definition) is 2. The molecule has 99 valence electrons. The summed E-state index contributed by atoms with van der Waals surface area (Å²) in [5.74, 6) is 0. The topological polar surface area (TPSA) is 35.2 Å². The van der Waals surface area contributed by atoms with E-state index in [0.29, 0.717) is 16.7 Å². The Morgan fingerprint density at radius 3 is 2.44 bits per heavy atom. The molecule has 2 N–H and O–H groups in total. The van der Waals surface area contributed by atoms with Crippen LogP contribution in [0.1, 0.15) is 33.3 Å². The van der Waals surface area contributed by atoms with Crippen molar-refractivity contribution in [2.75, 3.05) is 5.73 Å². The molecule has 0 aliphatic carbocycles. The molecule has 2 nitrogen and oxygen atoms in total. The van der Waals surface area contributed by atoms with Crippen LogP contribution in [0.3, 0.4) is 0 Å². The lowest BCUT2D eigenvalue weighted by molar-refractivity contribution is 0.0855. The van der Waals surface area contributed by atoms with Crippen LogP contribution < -0.4 is 11.2 Å². The maximum atomic E-state index is 12.6. The lowest BCUT2D eigenvalue weighted by Crippen LogP contribution is -2.46. The Kier molecular flexibility index (Phi) is 4.73. The zero-order valence-electron chi connectivity index (χ0n) is 11.3. The maximum Gasteiger partial charge on any atom is 0.332 e. The third-order valence-electron chi connectivity index (χ3n) is 3.26. The minimum atomic E-state index is -0.511. The molecule has 1 aromatic carbocycles. The van der Waals surface area contributed by atoms with Crippen molar-refractivity contribution in [3.63, 3.8) is 0 Å². The highest BCUT2D eigenvalue weighted by molar-refractivity contribution is 7.81. The van der Waals surface area contributed by atoms with Crippen molar-refractivity contribution in [2.45, 2.75) is 44.7 Å². The van der Waals surface area contributed by atoms with Gasteiger partial charge in [0.15, 0.2) is 0 Å². The van der Waals surface area contributed by atoms with Gasteiger partial charge in [-0.05, 0) is 44.8 Å². The molecule has 1 radical (unpaired) electrons. The monoisotopic (exact) mass is 268 g/mol. The third-order valence-corrected chi connectivity index (χ3v) is 3.80. The van der Waals surface area contributed by atoms with Gasteiger partial charge in [0.05, 0.1) is 5.60 Å². The normalized spacial score (nSPS) is 12.6.